The molecular weight excluding hydrogens is 971 g/mol. The molecule has 6 heteroatoms. The van der Waals surface area contributed by atoms with Crippen molar-refractivity contribution in [2.45, 2.75) is 392 Å². The van der Waals surface area contributed by atoms with E-state index in [1.165, 1.54) is 302 Å². The highest BCUT2D eigenvalue weighted by atomic mass is 16.5. The summed E-state index contributed by atoms with van der Waals surface area (Å²) in [7, 11) is 0. The fourth-order valence-corrected chi connectivity index (χ4v) is 10.9. The van der Waals surface area contributed by atoms with Crippen molar-refractivity contribution in [3.63, 3.8) is 0 Å². The summed E-state index contributed by atoms with van der Waals surface area (Å²) in [4.78, 5) is 24.5. The molecule has 0 fully saturated rings. The van der Waals surface area contributed by atoms with Crippen LogP contribution in [0.4, 0.5) is 0 Å². The van der Waals surface area contributed by atoms with Crippen LogP contribution in [0.25, 0.3) is 0 Å². The van der Waals surface area contributed by atoms with E-state index in [2.05, 4.69) is 55.6 Å². The number of amides is 1. The number of unbranched alkanes of at least 4 members (excludes halogenated alkanes) is 49. The summed E-state index contributed by atoms with van der Waals surface area (Å²) in [6, 6.07) is -0.626. The number of aliphatic hydroxyl groups excluding tert-OH is 2. The second-order valence-electron chi connectivity index (χ2n) is 24.2. The Labute approximate surface area is 493 Å². The highest BCUT2D eigenvalue weighted by Gasteiger charge is 2.18. The summed E-state index contributed by atoms with van der Waals surface area (Å²) in [5, 5.41) is 23.2. The molecule has 0 saturated heterocycles. The number of hydrogen-bond acceptors (Lipinski definition) is 5. The lowest BCUT2D eigenvalue weighted by molar-refractivity contribution is -0.143. The van der Waals surface area contributed by atoms with E-state index in [4.69, 9.17) is 4.74 Å². The number of allylic oxidation sites excluding steroid dienone is 7. The highest BCUT2D eigenvalue weighted by Crippen LogP contribution is 2.18. The molecule has 1 amide bonds. The van der Waals surface area contributed by atoms with Crippen molar-refractivity contribution < 1.29 is 24.5 Å². The molecule has 0 aromatic rings. The molecule has 0 radical (unpaired) electrons. The first-order valence-corrected chi connectivity index (χ1v) is 35.4. The van der Waals surface area contributed by atoms with Crippen molar-refractivity contribution in [1.82, 2.24) is 5.32 Å². The van der Waals surface area contributed by atoms with E-state index in [-0.39, 0.29) is 18.5 Å². The molecule has 0 aliphatic carbocycles. The van der Waals surface area contributed by atoms with Gasteiger partial charge in [-0.3, -0.25) is 9.59 Å². The number of nitrogens with one attached hydrogen (secondary N) is 1. The molecule has 464 valence electrons. The summed E-state index contributed by atoms with van der Waals surface area (Å²) in [6.45, 7) is 4.88. The average Bonchev–Trinajstić information content (AvgIpc) is 3.45. The SMILES string of the molecule is CCCC/C=C\C/C=C\CCCCCCCC(=O)OCCCCCCCCCCCCCC/C=C\CCCCCCCCCCCCCCCCCCCC(=O)NC(CO)C(O)/C=C/CCCCCCCCCCCCCCC. The van der Waals surface area contributed by atoms with E-state index in [0.717, 1.165) is 51.4 Å². The Kier molecular flexibility index (Phi) is 66.4. The number of rotatable bonds is 66. The van der Waals surface area contributed by atoms with Gasteiger partial charge in [-0.2, -0.15) is 0 Å². The number of carbonyl (C=O) groups excluding carboxylic acids is 2. The zero-order valence-electron chi connectivity index (χ0n) is 53.1. The molecule has 0 aromatic carbocycles. The van der Waals surface area contributed by atoms with Crippen LogP contribution in [0.5, 0.6) is 0 Å². The zero-order chi connectivity index (χ0) is 57.1. The number of esters is 1. The van der Waals surface area contributed by atoms with Crippen LogP contribution in [0.2, 0.25) is 0 Å². The third-order valence-corrected chi connectivity index (χ3v) is 16.3. The summed E-state index contributed by atoms with van der Waals surface area (Å²) < 4.78 is 5.48. The van der Waals surface area contributed by atoms with Gasteiger partial charge in [0, 0.05) is 12.8 Å². The summed E-state index contributed by atoms with van der Waals surface area (Å²) in [5.74, 6) is -0.0594. The Morgan fingerprint density at radius 2 is 0.646 bits per heavy atom. The van der Waals surface area contributed by atoms with Gasteiger partial charge in [0.05, 0.1) is 25.4 Å². The van der Waals surface area contributed by atoms with Crippen LogP contribution < -0.4 is 5.32 Å². The quantitative estimate of drug-likeness (QED) is 0.0320. The molecule has 3 N–H and O–H groups in total. The topological polar surface area (TPSA) is 95.9 Å². The van der Waals surface area contributed by atoms with E-state index >= 15 is 0 Å². The van der Waals surface area contributed by atoms with E-state index in [1.807, 2.05) is 6.08 Å². The van der Waals surface area contributed by atoms with Crippen molar-refractivity contribution in [2.24, 2.45) is 0 Å². The van der Waals surface area contributed by atoms with Gasteiger partial charge < -0.3 is 20.3 Å². The normalized spacial score (nSPS) is 12.8. The summed E-state index contributed by atoms with van der Waals surface area (Å²) in [6.07, 6.45) is 89.1. The molecular formula is C73H137NO5. The maximum Gasteiger partial charge on any atom is 0.305 e. The van der Waals surface area contributed by atoms with Crippen molar-refractivity contribution in [3.05, 3.63) is 48.6 Å². The molecule has 0 aromatic heterocycles. The Bertz CT molecular complexity index is 1320. The number of ether oxygens (including phenoxy) is 1. The Hall–Kier alpha value is -2.18. The first-order valence-electron chi connectivity index (χ1n) is 35.4. The molecule has 0 bridgehead atoms. The van der Waals surface area contributed by atoms with Crippen LogP contribution >= 0.6 is 0 Å². The van der Waals surface area contributed by atoms with Gasteiger partial charge in [-0.25, -0.2) is 0 Å². The molecule has 79 heavy (non-hydrogen) atoms. The van der Waals surface area contributed by atoms with Crippen LogP contribution in [0.15, 0.2) is 48.6 Å². The van der Waals surface area contributed by atoms with Gasteiger partial charge >= 0.3 is 5.97 Å². The molecule has 0 aliphatic rings. The van der Waals surface area contributed by atoms with Crippen LogP contribution in [0.3, 0.4) is 0 Å². The Balaban J connectivity index is 3.37. The van der Waals surface area contributed by atoms with Gasteiger partial charge in [0.1, 0.15) is 0 Å². The molecule has 0 heterocycles. The van der Waals surface area contributed by atoms with Crippen LogP contribution in [0.1, 0.15) is 380 Å². The van der Waals surface area contributed by atoms with Crippen LogP contribution in [-0.4, -0.2) is 47.4 Å². The minimum atomic E-state index is -0.842. The minimum absolute atomic E-state index is 0.00374. The van der Waals surface area contributed by atoms with Crippen molar-refractivity contribution in [1.29, 1.82) is 0 Å². The van der Waals surface area contributed by atoms with Gasteiger partial charge in [0.25, 0.3) is 0 Å². The standard InChI is InChI=1S/C73H137NO5/c1-3-5-7-9-11-13-15-17-38-41-45-49-53-57-61-65-71(76)70(69-75)74-72(77)66-62-58-54-50-46-42-39-36-34-32-30-28-26-24-22-20-19-21-23-25-27-29-31-33-35-37-40-44-48-52-56-60-64-68-79-73(78)67-63-59-55-51-47-43-18-16-14-12-10-8-6-4-2/h10,12,16,18,23,25,61,65,70-71,75-76H,3-9,11,13-15,17,19-22,24,26-60,62-64,66-69H2,1-2H3,(H,74,77)/b12-10-,18-16-,25-23-,65-61+. The lowest BCUT2D eigenvalue weighted by Crippen LogP contribution is -2.45. The first-order chi connectivity index (χ1) is 39.0. The highest BCUT2D eigenvalue weighted by molar-refractivity contribution is 5.76. The maximum absolute atomic E-state index is 12.5. The molecule has 0 saturated carbocycles. The number of aliphatic hydroxyl groups is 2. The van der Waals surface area contributed by atoms with Gasteiger partial charge in [-0.05, 0) is 83.5 Å². The minimum Gasteiger partial charge on any atom is -0.466 e. The monoisotopic (exact) mass is 1110 g/mol. The van der Waals surface area contributed by atoms with E-state index in [9.17, 15) is 19.8 Å². The Morgan fingerprint density at radius 1 is 0.354 bits per heavy atom. The largest absolute Gasteiger partial charge is 0.466 e. The van der Waals surface area contributed by atoms with Crippen molar-refractivity contribution >= 4 is 11.9 Å². The van der Waals surface area contributed by atoms with Crippen LogP contribution in [0, 0.1) is 0 Å². The van der Waals surface area contributed by atoms with Crippen molar-refractivity contribution in [3.8, 4) is 0 Å². The predicted octanol–water partition coefficient (Wildman–Crippen LogP) is 22.9. The fraction of sp³-hybridized carbons (Fsp3) is 0.863. The predicted molar refractivity (Wildman–Crippen MR) is 347 cm³/mol. The lowest BCUT2D eigenvalue weighted by atomic mass is 10.0. The molecule has 2 atom stereocenters. The molecule has 0 aliphatic heterocycles. The smallest absolute Gasteiger partial charge is 0.305 e. The molecule has 0 spiro atoms. The van der Waals surface area contributed by atoms with Gasteiger partial charge in [0.15, 0.2) is 0 Å². The second kappa shape index (κ2) is 68.3. The Morgan fingerprint density at radius 3 is 1.01 bits per heavy atom. The fourth-order valence-electron chi connectivity index (χ4n) is 10.9. The molecule has 2 unspecified atom stereocenters. The van der Waals surface area contributed by atoms with E-state index < -0.39 is 12.1 Å². The van der Waals surface area contributed by atoms with Gasteiger partial charge in [0.2, 0.25) is 5.91 Å². The third-order valence-electron chi connectivity index (χ3n) is 16.3. The van der Waals surface area contributed by atoms with Crippen molar-refractivity contribution in [2.75, 3.05) is 13.2 Å². The second-order valence-corrected chi connectivity index (χ2v) is 24.2. The summed E-state index contributed by atoms with van der Waals surface area (Å²) >= 11 is 0. The van der Waals surface area contributed by atoms with E-state index in [0.29, 0.717) is 19.4 Å². The number of hydrogen-bond donors (Lipinski definition) is 3. The maximum atomic E-state index is 12.5. The lowest BCUT2D eigenvalue weighted by Gasteiger charge is -2.20. The molecule has 0 rings (SSSR count). The van der Waals surface area contributed by atoms with Crippen LogP contribution in [-0.2, 0) is 14.3 Å². The first kappa shape index (κ1) is 76.8. The average molecular weight is 1110 g/mol. The van der Waals surface area contributed by atoms with Gasteiger partial charge in [-0.1, -0.05) is 332 Å². The van der Waals surface area contributed by atoms with Gasteiger partial charge in [-0.15, -0.1) is 0 Å². The van der Waals surface area contributed by atoms with E-state index in [1.54, 1.807) is 6.08 Å². The zero-order valence-corrected chi connectivity index (χ0v) is 53.1. The third kappa shape index (κ3) is 64.8. The molecule has 6 nitrogen and oxygen atoms in total. The number of carbonyl (C=O) groups is 2. The summed E-state index contributed by atoms with van der Waals surface area (Å²) in [5.41, 5.74) is 0.